The van der Waals surface area contributed by atoms with Crippen LogP contribution in [0.3, 0.4) is 0 Å². The summed E-state index contributed by atoms with van der Waals surface area (Å²) in [5.74, 6) is -3.09. The van der Waals surface area contributed by atoms with Crippen LogP contribution in [0.1, 0.15) is 16.1 Å². The Morgan fingerprint density at radius 2 is 1.93 bits per heavy atom. The third kappa shape index (κ3) is 3.69. The number of hydrogen-bond acceptors (Lipinski definition) is 5. The molecule has 1 amide bonds. The molecule has 0 aliphatic rings. The van der Waals surface area contributed by atoms with Gasteiger partial charge in [-0.2, -0.15) is 0 Å². The molecule has 4 rings (SSSR count). The third-order valence-electron chi connectivity index (χ3n) is 4.23. The van der Waals surface area contributed by atoms with Crippen LogP contribution in [-0.4, -0.2) is 16.0 Å². The SMILES string of the molecule is Cc1onc(-c2c(F)cccc2Cl)c1C(=O)Nc1nc(-c2ccc(F)c(F)c2)cs1. The molecule has 0 fully saturated rings. The zero-order valence-electron chi connectivity index (χ0n) is 15.2. The number of nitrogens with one attached hydrogen (secondary N) is 1. The van der Waals surface area contributed by atoms with Crippen molar-refractivity contribution in [2.24, 2.45) is 0 Å². The van der Waals surface area contributed by atoms with Gasteiger partial charge in [0.2, 0.25) is 0 Å². The Balaban J connectivity index is 1.64. The molecule has 0 saturated heterocycles. The normalized spacial score (nSPS) is 11.0. The lowest BCUT2D eigenvalue weighted by atomic mass is 10.1. The lowest BCUT2D eigenvalue weighted by Crippen LogP contribution is -2.13. The van der Waals surface area contributed by atoms with E-state index in [4.69, 9.17) is 16.1 Å². The summed E-state index contributed by atoms with van der Waals surface area (Å²) in [4.78, 5) is 17.1. The minimum atomic E-state index is -1.00. The summed E-state index contributed by atoms with van der Waals surface area (Å²) >= 11 is 7.17. The molecule has 10 heteroatoms. The molecule has 1 N–H and O–H groups in total. The van der Waals surface area contributed by atoms with E-state index in [1.54, 1.807) is 5.38 Å². The highest BCUT2D eigenvalue weighted by Crippen LogP contribution is 2.34. The first-order chi connectivity index (χ1) is 14.3. The van der Waals surface area contributed by atoms with Crippen molar-refractivity contribution in [3.05, 3.63) is 75.6 Å². The zero-order valence-corrected chi connectivity index (χ0v) is 16.7. The lowest BCUT2D eigenvalue weighted by Gasteiger charge is -2.05. The maximum absolute atomic E-state index is 14.3. The first kappa shape index (κ1) is 20.1. The van der Waals surface area contributed by atoms with E-state index in [9.17, 15) is 18.0 Å². The molecule has 0 aliphatic carbocycles. The van der Waals surface area contributed by atoms with Crippen molar-refractivity contribution < 1.29 is 22.5 Å². The fourth-order valence-electron chi connectivity index (χ4n) is 2.81. The number of amides is 1. The van der Waals surface area contributed by atoms with Gasteiger partial charge < -0.3 is 4.52 Å². The van der Waals surface area contributed by atoms with Crippen molar-refractivity contribution in [1.82, 2.24) is 10.1 Å². The highest BCUT2D eigenvalue weighted by molar-refractivity contribution is 7.14. The van der Waals surface area contributed by atoms with Gasteiger partial charge in [-0.05, 0) is 37.3 Å². The predicted octanol–water partition coefficient (Wildman–Crippen LogP) is 6.10. The first-order valence-corrected chi connectivity index (χ1v) is 9.74. The molecular weight excluding hydrogens is 439 g/mol. The van der Waals surface area contributed by atoms with Crippen molar-refractivity contribution in [1.29, 1.82) is 0 Å². The van der Waals surface area contributed by atoms with Gasteiger partial charge >= 0.3 is 0 Å². The van der Waals surface area contributed by atoms with Crippen LogP contribution < -0.4 is 5.32 Å². The van der Waals surface area contributed by atoms with Crippen molar-refractivity contribution in [3.63, 3.8) is 0 Å². The molecule has 0 aliphatic heterocycles. The standard InChI is InChI=1S/C20H11ClF3N3O2S/c1-9-16(18(27-29-9)17-11(21)3-2-4-13(17)23)19(28)26-20-25-15(8-30-20)10-5-6-12(22)14(24)7-10/h2-8H,1H3,(H,25,26,28). The summed E-state index contributed by atoms with van der Waals surface area (Å²) in [6.45, 7) is 1.51. The minimum Gasteiger partial charge on any atom is -0.360 e. The number of rotatable bonds is 4. The maximum Gasteiger partial charge on any atom is 0.263 e. The zero-order chi connectivity index (χ0) is 21.4. The number of carbonyl (C=O) groups excluding carboxylic acids is 1. The van der Waals surface area contributed by atoms with Gasteiger partial charge in [0.25, 0.3) is 5.91 Å². The van der Waals surface area contributed by atoms with Crippen molar-refractivity contribution >= 4 is 34.0 Å². The fourth-order valence-corrected chi connectivity index (χ4v) is 3.78. The monoisotopic (exact) mass is 449 g/mol. The second-order valence-electron chi connectivity index (χ2n) is 6.18. The Bertz CT molecular complexity index is 1250. The summed E-state index contributed by atoms with van der Waals surface area (Å²) in [7, 11) is 0. The van der Waals surface area contributed by atoms with Crippen LogP contribution in [0.25, 0.3) is 22.5 Å². The molecule has 0 bridgehead atoms. The molecule has 2 aromatic carbocycles. The Kier molecular flexibility index (Phi) is 5.31. The highest BCUT2D eigenvalue weighted by Gasteiger charge is 2.26. The van der Waals surface area contributed by atoms with Gasteiger partial charge in [-0.15, -0.1) is 11.3 Å². The maximum atomic E-state index is 14.3. The number of aromatic nitrogens is 2. The molecule has 0 unspecified atom stereocenters. The average molecular weight is 450 g/mol. The molecule has 0 saturated carbocycles. The van der Waals surface area contributed by atoms with Crippen LogP contribution in [-0.2, 0) is 0 Å². The van der Waals surface area contributed by atoms with E-state index >= 15 is 0 Å². The third-order valence-corrected chi connectivity index (χ3v) is 5.30. The van der Waals surface area contributed by atoms with Crippen LogP contribution in [0.4, 0.5) is 18.3 Å². The summed E-state index contributed by atoms with van der Waals surface area (Å²) in [5, 5.41) is 8.23. The summed E-state index contributed by atoms with van der Waals surface area (Å²) in [6, 6.07) is 7.48. The number of hydrogen-bond donors (Lipinski definition) is 1. The van der Waals surface area contributed by atoms with E-state index in [0.29, 0.717) is 11.3 Å². The Morgan fingerprint density at radius 1 is 1.13 bits per heavy atom. The van der Waals surface area contributed by atoms with Crippen LogP contribution in [0.5, 0.6) is 0 Å². The van der Waals surface area contributed by atoms with Crippen LogP contribution in [0.2, 0.25) is 5.02 Å². The largest absolute Gasteiger partial charge is 0.360 e. The summed E-state index contributed by atoms with van der Waals surface area (Å²) in [6.07, 6.45) is 0. The van der Waals surface area contributed by atoms with E-state index in [2.05, 4.69) is 15.5 Å². The van der Waals surface area contributed by atoms with Gasteiger partial charge in [0.1, 0.15) is 22.8 Å². The predicted molar refractivity (Wildman–Crippen MR) is 107 cm³/mol. The molecule has 4 aromatic rings. The van der Waals surface area contributed by atoms with Crippen LogP contribution in [0.15, 0.2) is 46.3 Å². The topological polar surface area (TPSA) is 68.0 Å². The van der Waals surface area contributed by atoms with Gasteiger partial charge in [-0.1, -0.05) is 22.8 Å². The van der Waals surface area contributed by atoms with Gasteiger partial charge in [-0.25, -0.2) is 18.2 Å². The Labute approximate surface area is 177 Å². The smallest absolute Gasteiger partial charge is 0.263 e. The highest BCUT2D eigenvalue weighted by atomic mass is 35.5. The quantitative estimate of drug-likeness (QED) is 0.409. The van der Waals surface area contributed by atoms with E-state index < -0.39 is 23.4 Å². The molecule has 5 nitrogen and oxygen atoms in total. The molecule has 0 spiro atoms. The van der Waals surface area contributed by atoms with Gasteiger partial charge in [0, 0.05) is 10.9 Å². The molecule has 30 heavy (non-hydrogen) atoms. The number of halogens is 4. The molecule has 2 heterocycles. The van der Waals surface area contributed by atoms with Crippen LogP contribution >= 0.6 is 22.9 Å². The van der Waals surface area contributed by atoms with Crippen molar-refractivity contribution in [3.8, 4) is 22.5 Å². The number of benzene rings is 2. The molecular formula is C20H11ClF3N3O2S. The summed E-state index contributed by atoms with van der Waals surface area (Å²) in [5.41, 5.74) is 0.624. The fraction of sp³-hybridized carbons (Fsp3) is 0.0500. The van der Waals surface area contributed by atoms with E-state index in [1.165, 1.54) is 31.2 Å². The van der Waals surface area contributed by atoms with E-state index in [1.807, 2.05) is 0 Å². The molecule has 0 atom stereocenters. The second kappa shape index (κ2) is 7.92. The molecule has 0 radical (unpaired) electrons. The van der Waals surface area contributed by atoms with E-state index in [-0.39, 0.29) is 32.7 Å². The van der Waals surface area contributed by atoms with Gasteiger partial charge in [0.15, 0.2) is 16.8 Å². The van der Waals surface area contributed by atoms with Crippen molar-refractivity contribution in [2.75, 3.05) is 5.32 Å². The Morgan fingerprint density at radius 3 is 2.67 bits per heavy atom. The molecule has 2 aromatic heterocycles. The lowest BCUT2D eigenvalue weighted by molar-refractivity contribution is 0.102. The number of thiazole rings is 1. The second-order valence-corrected chi connectivity index (χ2v) is 7.45. The van der Waals surface area contributed by atoms with E-state index in [0.717, 1.165) is 23.5 Å². The van der Waals surface area contributed by atoms with Gasteiger partial charge in [0.05, 0.1) is 16.3 Å². The average Bonchev–Trinajstić information content (AvgIpc) is 3.31. The van der Waals surface area contributed by atoms with Crippen molar-refractivity contribution in [2.45, 2.75) is 6.92 Å². The number of aryl methyl sites for hydroxylation is 1. The summed E-state index contributed by atoms with van der Waals surface area (Å²) < 4.78 is 46.0. The Hall–Kier alpha value is -3.17. The molecule has 152 valence electrons. The minimum absolute atomic E-state index is 0.00609. The first-order valence-electron chi connectivity index (χ1n) is 8.48. The van der Waals surface area contributed by atoms with Crippen LogP contribution in [0, 0.1) is 24.4 Å². The number of anilines is 1. The number of carbonyl (C=O) groups is 1. The van der Waals surface area contributed by atoms with Gasteiger partial charge in [-0.3, -0.25) is 10.1 Å². The number of nitrogens with zero attached hydrogens (tertiary/aromatic N) is 2.